The number of nitrogens with one attached hydrogen (secondary N) is 1. The van der Waals surface area contributed by atoms with E-state index in [9.17, 15) is 13.2 Å². The van der Waals surface area contributed by atoms with E-state index in [4.69, 9.17) is 10.5 Å². The largest absolute Gasteiger partial charge is 0.492 e. The first kappa shape index (κ1) is 16.3. The number of sulfonamides is 1. The molecule has 0 aliphatic carbocycles. The first-order chi connectivity index (χ1) is 9.30. The van der Waals surface area contributed by atoms with Gasteiger partial charge < -0.3 is 15.4 Å². The molecule has 0 bridgehead atoms. The van der Waals surface area contributed by atoms with Gasteiger partial charge in [0.15, 0.2) is 0 Å². The Morgan fingerprint density at radius 2 is 1.90 bits per heavy atom. The summed E-state index contributed by atoms with van der Waals surface area (Å²) in [6, 6.07) is 6.64. The monoisotopic (exact) mass is 301 g/mol. The summed E-state index contributed by atoms with van der Waals surface area (Å²) in [5.74, 6) is 0.00439. The zero-order valence-corrected chi connectivity index (χ0v) is 12.3. The van der Waals surface area contributed by atoms with Gasteiger partial charge in [0.2, 0.25) is 15.9 Å². The van der Waals surface area contributed by atoms with Crippen LogP contribution in [0.1, 0.15) is 0 Å². The molecule has 0 aliphatic rings. The number of hydrogen-bond donors (Lipinski definition) is 2. The molecule has 1 aromatic carbocycles. The molecule has 0 aromatic heterocycles. The number of rotatable bonds is 7. The van der Waals surface area contributed by atoms with E-state index in [1.54, 1.807) is 38.4 Å². The van der Waals surface area contributed by atoms with Crippen LogP contribution in [-0.4, -0.2) is 52.2 Å². The molecule has 0 saturated heterocycles. The van der Waals surface area contributed by atoms with Crippen LogP contribution in [0.25, 0.3) is 0 Å². The zero-order chi connectivity index (χ0) is 15.2. The van der Waals surface area contributed by atoms with Crippen LogP contribution in [-0.2, 0) is 14.8 Å². The molecule has 20 heavy (non-hydrogen) atoms. The summed E-state index contributed by atoms with van der Waals surface area (Å²) in [7, 11) is -0.423. The van der Waals surface area contributed by atoms with E-state index in [2.05, 4.69) is 4.72 Å². The Balaban J connectivity index is 2.36. The van der Waals surface area contributed by atoms with Crippen LogP contribution in [0.4, 0.5) is 5.69 Å². The van der Waals surface area contributed by atoms with Crippen LogP contribution in [0.2, 0.25) is 0 Å². The molecule has 0 saturated carbocycles. The molecule has 0 aliphatic heterocycles. The number of carbonyl (C=O) groups is 1. The summed E-state index contributed by atoms with van der Waals surface area (Å²) < 4.78 is 30.7. The van der Waals surface area contributed by atoms with E-state index < -0.39 is 10.0 Å². The number of ether oxygens (including phenoxy) is 1. The van der Waals surface area contributed by atoms with Gasteiger partial charge in [-0.25, -0.2) is 13.1 Å². The maximum absolute atomic E-state index is 11.6. The topological polar surface area (TPSA) is 102 Å². The van der Waals surface area contributed by atoms with Crippen LogP contribution >= 0.6 is 0 Å². The number of hydrogen-bond acceptors (Lipinski definition) is 5. The normalized spacial score (nSPS) is 11.1. The van der Waals surface area contributed by atoms with Crippen LogP contribution in [0.3, 0.4) is 0 Å². The van der Waals surface area contributed by atoms with Crippen molar-refractivity contribution in [3.05, 3.63) is 24.3 Å². The molecule has 0 atom stereocenters. The highest BCUT2D eigenvalue weighted by atomic mass is 32.2. The number of nitrogens with zero attached hydrogens (tertiary/aromatic N) is 1. The highest BCUT2D eigenvalue weighted by molar-refractivity contribution is 7.89. The summed E-state index contributed by atoms with van der Waals surface area (Å²) in [5.41, 5.74) is 6.12. The SMILES string of the molecule is CN(C)C(=O)CNS(=O)(=O)CCOc1ccc(N)cc1. The number of carbonyl (C=O) groups excluding carboxylic acids is 1. The van der Waals surface area contributed by atoms with E-state index in [0.717, 1.165) is 0 Å². The molecular weight excluding hydrogens is 282 g/mol. The van der Waals surface area contributed by atoms with E-state index >= 15 is 0 Å². The van der Waals surface area contributed by atoms with Crippen molar-refractivity contribution in [3.8, 4) is 5.75 Å². The lowest BCUT2D eigenvalue weighted by Gasteiger charge is -2.11. The minimum Gasteiger partial charge on any atom is -0.492 e. The second-order valence-electron chi connectivity index (χ2n) is 4.35. The van der Waals surface area contributed by atoms with Crippen LogP contribution in [0.15, 0.2) is 24.3 Å². The van der Waals surface area contributed by atoms with Crippen molar-refractivity contribution >= 4 is 21.6 Å². The molecule has 8 heteroatoms. The van der Waals surface area contributed by atoms with Gasteiger partial charge in [0.05, 0.1) is 12.3 Å². The molecule has 3 N–H and O–H groups in total. The third-order valence-electron chi connectivity index (χ3n) is 2.44. The molecule has 0 radical (unpaired) electrons. The molecule has 0 heterocycles. The van der Waals surface area contributed by atoms with Gasteiger partial charge in [-0.05, 0) is 24.3 Å². The third kappa shape index (κ3) is 5.89. The lowest BCUT2D eigenvalue weighted by atomic mass is 10.3. The van der Waals surface area contributed by atoms with Crippen LogP contribution in [0.5, 0.6) is 5.75 Å². The Labute approximate surface area is 118 Å². The number of amides is 1. The quantitative estimate of drug-likeness (QED) is 0.671. The summed E-state index contributed by atoms with van der Waals surface area (Å²) >= 11 is 0. The number of likely N-dealkylation sites (N-methyl/N-ethyl adjacent to an activating group) is 1. The van der Waals surface area contributed by atoms with Gasteiger partial charge >= 0.3 is 0 Å². The van der Waals surface area contributed by atoms with E-state index in [1.807, 2.05) is 0 Å². The van der Waals surface area contributed by atoms with Crippen molar-refractivity contribution in [2.75, 3.05) is 38.7 Å². The van der Waals surface area contributed by atoms with Gasteiger partial charge in [0.25, 0.3) is 0 Å². The number of anilines is 1. The fourth-order valence-corrected chi connectivity index (χ4v) is 2.03. The minimum absolute atomic E-state index is 0.00456. The first-order valence-electron chi connectivity index (χ1n) is 5.96. The molecule has 112 valence electrons. The molecule has 1 aromatic rings. The summed E-state index contributed by atoms with van der Waals surface area (Å²) in [6.07, 6.45) is 0. The Bertz CT molecular complexity index is 540. The molecule has 0 spiro atoms. The van der Waals surface area contributed by atoms with E-state index in [1.165, 1.54) is 4.90 Å². The Morgan fingerprint density at radius 1 is 1.30 bits per heavy atom. The predicted molar refractivity (Wildman–Crippen MR) is 76.8 cm³/mol. The Kier molecular flexibility index (Phi) is 5.78. The molecular formula is C12H19N3O4S. The Hall–Kier alpha value is -1.80. The van der Waals surface area contributed by atoms with Crippen LogP contribution in [0, 0.1) is 0 Å². The van der Waals surface area contributed by atoms with E-state index in [-0.39, 0.29) is 24.8 Å². The second kappa shape index (κ2) is 7.11. The standard InChI is InChI=1S/C12H19N3O4S/c1-15(2)12(16)9-14-20(17,18)8-7-19-11-5-3-10(13)4-6-11/h3-6,14H,7-9,13H2,1-2H3. The van der Waals surface area contributed by atoms with Crippen molar-refractivity contribution in [3.63, 3.8) is 0 Å². The third-order valence-corrected chi connectivity index (χ3v) is 3.73. The zero-order valence-electron chi connectivity index (χ0n) is 11.5. The van der Waals surface area contributed by atoms with Crippen molar-refractivity contribution < 1.29 is 17.9 Å². The smallest absolute Gasteiger partial charge is 0.237 e. The second-order valence-corrected chi connectivity index (χ2v) is 6.27. The first-order valence-corrected chi connectivity index (χ1v) is 7.61. The minimum atomic E-state index is -3.54. The summed E-state index contributed by atoms with van der Waals surface area (Å²) in [4.78, 5) is 12.6. The lowest BCUT2D eigenvalue weighted by molar-refractivity contribution is -0.127. The van der Waals surface area contributed by atoms with Crippen molar-refractivity contribution in [2.24, 2.45) is 0 Å². The highest BCUT2D eigenvalue weighted by Crippen LogP contribution is 2.12. The van der Waals surface area contributed by atoms with Crippen LogP contribution < -0.4 is 15.2 Å². The number of benzene rings is 1. The molecule has 7 nitrogen and oxygen atoms in total. The lowest BCUT2D eigenvalue weighted by Crippen LogP contribution is -2.38. The van der Waals surface area contributed by atoms with Crippen molar-refractivity contribution in [2.45, 2.75) is 0 Å². The summed E-state index contributed by atoms with van der Waals surface area (Å²) in [5, 5.41) is 0. The highest BCUT2D eigenvalue weighted by Gasteiger charge is 2.13. The summed E-state index contributed by atoms with van der Waals surface area (Å²) in [6.45, 7) is -0.257. The maximum Gasteiger partial charge on any atom is 0.237 e. The van der Waals surface area contributed by atoms with Gasteiger partial charge in [-0.15, -0.1) is 0 Å². The molecule has 0 fully saturated rings. The van der Waals surface area contributed by atoms with Gasteiger partial charge in [0, 0.05) is 19.8 Å². The number of nitrogen functional groups attached to an aromatic ring is 1. The van der Waals surface area contributed by atoms with Crippen molar-refractivity contribution in [1.29, 1.82) is 0 Å². The predicted octanol–water partition coefficient (Wildman–Crippen LogP) is -0.345. The fourth-order valence-electron chi connectivity index (χ4n) is 1.24. The number of nitrogens with two attached hydrogens (primary N) is 1. The molecule has 1 rings (SSSR count). The van der Waals surface area contributed by atoms with Gasteiger partial charge in [0.1, 0.15) is 12.4 Å². The Morgan fingerprint density at radius 3 is 2.45 bits per heavy atom. The van der Waals surface area contributed by atoms with Gasteiger partial charge in [-0.2, -0.15) is 0 Å². The molecule has 0 unspecified atom stereocenters. The average molecular weight is 301 g/mol. The van der Waals surface area contributed by atoms with E-state index in [0.29, 0.717) is 11.4 Å². The maximum atomic E-state index is 11.6. The average Bonchev–Trinajstić information content (AvgIpc) is 2.38. The fraction of sp³-hybridized carbons (Fsp3) is 0.417. The van der Waals surface area contributed by atoms with Gasteiger partial charge in [-0.1, -0.05) is 0 Å². The van der Waals surface area contributed by atoms with Crippen molar-refractivity contribution in [1.82, 2.24) is 9.62 Å². The molecule has 1 amide bonds. The van der Waals surface area contributed by atoms with Gasteiger partial charge in [-0.3, -0.25) is 4.79 Å².